The maximum atomic E-state index is 11.3. The van der Waals surface area contributed by atoms with Crippen molar-refractivity contribution in [3.63, 3.8) is 0 Å². The molecular formula is C10H13ClN4O2. The lowest BCUT2D eigenvalue weighted by Crippen LogP contribution is -2.39. The van der Waals surface area contributed by atoms with Crippen LogP contribution in [0.1, 0.15) is 12.8 Å². The van der Waals surface area contributed by atoms with Gasteiger partial charge in [-0.2, -0.15) is 5.10 Å². The first kappa shape index (κ1) is 11.9. The summed E-state index contributed by atoms with van der Waals surface area (Å²) in [6.45, 7) is 1.30. The van der Waals surface area contributed by atoms with Gasteiger partial charge in [-0.25, -0.2) is 5.10 Å². The fraction of sp³-hybridized carbons (Fsp3) is 0.500. The Morgan fingerprint density at radius 3 is 2.76 bits per heavy atom. The molecule has 17 heavy (non-hydrogen) atoms. The number of hydrogen-bond acceptors (Lipinski definition) is 4. The molecule has 92 valence electrons. The fourth-order valence-electron chi connectivity index (χ4n) is 2.00. The minimum Gasteiger partial charge on any atom is -0.369 e. The topological polar surface area (TPSA) is 92.1 Å². The molecule has 0 aliphatic carbocycles. The first-order valence-corrected chi connectivity index (χ1v) is 5.75. The summed E-state index contributed by atoms with van der Waals surface area (Å²) in [6, 6.07) is 0. The summed E-state index contributed by atoms with van der Waals surface area (Å²) in [5.74, 6) is -0.347. The van der Waals surface area contributed by atoms with Crippen LogP contribution in [-0.4, -0.2) is 29.2 Å². The van der Waals surface area contributed by atoms with Crippen molar-refractivity contribution < 1.29 is 4.79 Å². The summed E-state index contributed by atoms with van der Waals surface area (Å²) < 4.78 is 0. The first-order chi connectivity index (χ1) is 8.09. The standard InChI is InChI=1S/C10H13ClN4O2/c11-8-7(5-13-14-10(8)17)15-3-1-6(2-4-15)9(12)16/h5-6H,1-4H2,(H2,12,16)(H,14,17). The molecule has 2 heterocycles. The van der Waals surface area contributed by atoms with Crippen LogP contribution in [-0.2, 0) is 4.79 Å². The highest BCUT2D eigenvalue weighted by atomic mass is 35.5. The van der Waals surface area contributed by atoms with Gasteiger partial charge in [0.25, 0.3) is 5.56 Å². The Bertz CT molecular complexity index is 479. The zero-order valence-corrected chi connectivity index (χ0v) is 9.91. The van der Waals surface area contributed by atoms with Gasteiger partial charge in [0.2, 0.25) is 5.91 Å². The number of aromatic amines is 1. The van der Waals surface area contributed by atoms with Crippen molar-refractivity contribution in [2.24, 2.45) is 11.7 Å². The van der Waals surface area contributed by atoms with E-state index in [1.165, 1.54) is 6.20 Å². The molecule has 2 rings (SSSR count). The van der Waals surface area contributed by atoms with E-state index in [4.69, 9.17) is 17.3 Å². The summed E-state index contributed by atoms with van der Waals surface area (Å²) in [6.07, 6.45) is 2.88. The number of hydrogen-bond donors (Lipinski definition) is 2. The summed E-state index contributed by atoms with van der Waals surface area (Å²) in [7, 11) is 0. The quantitative estimate of drug-likeness (QED) is 0.786. The molecule has 0 aromatic carbocycles. The van der Waals surface area contributed by atoms with Crippen LogP contribution in [0.25, 0.3) is 0 Å². The fourth-order valence-corrected chi connectivity index (χ4v) is 2.21. The third-order valence-corrected chi connectivity index (χ3v) is 3.38. The molecule has 0 radical (unpaired) electrons. The van der Waals surface area contributed by atoms with E-state index in [0.29, 0.717) is 31.6 Å². The Balaban J connectivity index is 2.13. The average Bonchev–Trinajstić information content (AvgIpc) is 2.33. The molecule has 1 aliphatic rings. The van der Waals surface area contributed by atoms with Gasteiger partial charge in [-0.05, 0) is 12.8 Å². The van der Waals surface area contributed by atoms with E-state index < -0.39 is 5.56 Å². The van der Waals surface area contributed by atoms with Gasteiger partial charge in [-0.3, -0.25) is 9.59 Å². The molecule has 1 amide bonds. The van der Waals surface area contributed by atoms with Crippen LogP contribution in [0, 0.1) is 5.92 Å². The number of nitrogens with zero attached hydrogens (tertiary/aromatic N) is 2. The van der Waals surface area contributed by atoms with Gasteiger partial charge in [-0.15, -0.1) is 0 Å². The van der Waals surface area contributed by atoms with E-state index in [2.05, 4.69) is 10.2 Å². The monoisotopic (exact) mass is 256 g/mol. The molecule has 3 N–H and O–H groups in total. The van der Waals surface area contributed by atoms with Crippen LogP contribution in [0.15, 0.2) is 11.0 Å². The van der Waals surface area contributed by atoms with Gasteiger partial charge in [-0.1, -0.05) is 11.6 Å². The summed E-state index contributed by atoms with van der Waals surface area (Å²) in [5.41, 5.74) is 5.46. The Kier molecular flexibility index (Phi) is 3.33. The molecule has 7 heteroatoms. The van der Waals surface area contributed by atoms with Crippen molar-refractivity contribution >= 4 is 23.2 Å². The number of rotatable bonds is 2. The Labute approximate surface area is 103 Å². The van der Waals surface area contributed by atoms with Crippen molar-refractivity contribution in [1.82, 2.24) is 10.2 Å². The van der Waals surface area contributed by atoms with Crippen molar-refractivity contribution in [3.05, 3.63) is 21.6 Å². The van der Waals surface area contributed by atoms with E-state index >= 15 is 0 Å². The predicted molar refractivity (Wildman–Crippen MR) is 64.0 cm³/mol. The number of piperidine rings is 1. The molecular weight excluding hydrogens is 244 g/mol. The number of halogens is 1. The van der Waals surface area contributed by atoms with Crippen LogP contribution in [0.5, 0.6) is 0 Å². The Morgan fingerprint density at radius 2 is 2.18 bits per heavy atom. The van der Waals surface area contributed by atoms with Crippen LogP contribution in [0.2, 0.25) is 5.02 Å². The van der Waals surface area contributed by atoms with Crippen LogP contribution in [0.3, 0.4) is 0 Å². The van der Waals surface area contributed by atoms with Gasteiger partial charge in [0.15, 0.2) is 0 Å². The number of primary amides is 1. The van der Waals surface area contributed by atoms with Crippen LogP contribution >= 0.6 is 11.6 Å². The molecule has 0 spiro atoms. The second-order valence-corrected chi connectivity index (χ2v) is 4.44. The molecule has 0 unspecified atom stereocenters. The van der Waals surface area contributed by atoms with Crippen LogP contribution in [0.4, 0.5) is 5.69 Å². The number of nitrogens with one attached hydrogen (secondary N) is 1. The van der Waals surface area contributed by atoms with Gasteiger partial charge < -0.3 is 10.6 Å². The highest BCUT2D eigenvalue weighted by Crippen LogP contribution is 2.26. The number of carbonyl (C=O) groups excluding carboxylic acids is 1. The van der Waals surface area contributed by atoms with E-state index in [-0.39, 0.29) is 16.8 Å². The highest BCUT2D eigenvalue weighted by Gasteiger charge is 2.24. The number of H-pyrrole nitrogens is 1. The minimum atomic E-state index is -0.402. The van der Waals surface area contributed by atoms with E-state index in [9.17, 15) is 9.59 Å². The molecule has 0 saturated carbocycles. The molecule has 0 bridgehead atoms. The first-order valence-electron chi connectivity index (χ1n) is 5.37. The summed E-state index contributed by atoms with van der Waals surface area (Å²) >= 11 is 5.91. The Hall–Kier alpha value is -1.56. The van der Waals surface area contributed by atoms with E-state index in [1.807, 2.05) is 4.90 Å². The molecule has 1 fully saturated rings. The Morgan fingerprint density at radius 1 is 1.53 bits per heavy atom. The molecule has 1 aliphatic heterocycles. The number of amides is 1. The van der Waals surface area contributed by atoms with E-state index in [1.54, 1.807) is 0 Å². The third kappa shape index (κ3) is 2.41. The maximum absolute atomic E-state index is 11.3. The maximum Gasteiger partial charge on any atom is 0.285 e. The highest BCUT2D eigenvalue weighted by molar-refractivity contribution is 6.32. The number of nitrogens with two attached hydrogens (primary N) is 1. The second-order valence-electron chi connectivity index (χ2n) is 4.06. The van der Waals surface area contributed by atoms with Crippen molar-refractivity contribution in [2.75, 3.05) is 18.0 Å². The number of anilines is 1. The summed E-state index contributed by atoms with van der Waals surface area (Å²) in [5, 5.41) is 6.12. The van der Waals surface area contributed by atoms with Gasteiger partial charge >= 0.3 is 0 Å². The van der Waals surface area contributed by atoms with Gasteiger partial charge in [0.1, 0.15) is 5.02 Å². The molecule has 1 aromatic rings. The van der Waals surface area contributed by atoms with Crippen molar-refractivity contribution in [2.45, 2.75) is 12.8 Å². The van der Waals surface area contributed by atoms with Crippen molar-refractivity contribution in [3.8, 4) is 0 Å². The van der Waals surface area contributed by atoms with E-state index in [0.717, 1.165) is 0 Å². The smallest absolute Gasteiger partial charge is 0.285 e. The SMILES string of the molecule is NC(=O)C1CCN(c2cn[nH]c(=O)c2Cl)CC1. The number of aromatic nitrogens is 2. The lowest BCUT2D eigenvalue weighted by molar-refractivity contribution is -0.122. The zero-order valence-electron chi connectivity index (χ0n) is 9.15. The molecule has 1 saturated heterocycles. The molecule has 0 atom stereocenters. The average molecular weight is 257 g/mol. The minimum absolute atomic E-state index is 0.0834. The second kappa shape index (κ2) is 4.75. The zero-order chi connectivity index (χ0) is 12.4. The summed E-state index contributed by atoms with van der Waals surface area (Å²) in [4.78, 5) is 24.3. The van der Waals surface area contributed by atoms with Gasteiger partial charge in [0, 0.05) is 19.0 Å². The lowest BCUT2D eigenvalue weighted by atomic mass is 9.96. The van der Waals surface area contributed by atoms with Gasteiger partial charge in [0.05, 0.1) is 11.9 Å². The third-order valence-electron chi connectivity index (χ3n) is 3.02. The normalized spacial score (nSPS) is 17.1. The predicted octanol–water partition coefficient (Wildman–Crippen LogP) is 0.125. The number of carbonyl (C=O) groups is 1. The largest absolute Gasteiger partial charge is 0.369 e. The van der Waals surface area contributed by atoms with Crippen LogP contribution < -0.4 is 16.2 Å². The lowest BCUT2D eigenvalue weighted by Gasteiger charge is -2.32. The molecule has 1 aromatic heterocycles. The molecule has 6 nitrogen and oxygen atoms in total. The van der Waals surface area contributed by atoms with Crippen molar-refractivity contribution in [1.29, 1.82) is 0 Å².